The average molecular weight is 271 g/mol. The number of hydrogen-bond donors (Lipinski definition) is 1. The highest BCUT2D eigenvalue weighted by Gasteiger charge is 2.08. The van der Waals surface area contributed by atoms with Crippen LogP contribution in [0.4, 0.5) is 0 Å². The van der Waals surface area contributed by atoms with Crippen molar-refractivity contribution in [3.8, 4) is 0 Å². The smallest absolute Gasteiger partial charge is 0.113 e. The predicted molar refractivity (Wildman–Crippen MR) is 80.7 cm³/mol. The van der Waals surface area contributed by atoms with E-state index in [0.29, 0.717) is 0 Å². The molecule has 98 valence electrons. The zero-order valence-corrected chi connectivity index (χ0v) is 12.0. The second-order valence-electron chi connectivity index (χ2n) is 4.71. The molecule has 19 heavy (non-hydrogen) atoms. The van der Waals surface area contributed by atoms with Crippen molar-refractivity contribution in [2.24, 2.45) is 0 Å². The van der Waals surface area contributed by atoms with Crippen LogP contribution in [0, 0.1) is 6.92 Å². The first-order valence-electron chi connectivity index (χ1n) is 6.40. The third-order valence-electron chi connectivity index (χ3n) is 3.21. The lowest BCUT2D eigenvalue weighted by atomic mass is 10.1. The second kappa shape index (κ2) is 5.15. The number of para-hydroxylation sites is 1. The highest BCUT2D eigenvalue weighted by molar-refractivity contribution is 7.09. The Morgan fingerprint density at radius 1 is 1.32 bits per heavy atom. The van der Waals surface area contributed by atoms with Gasteiger partial charge in [0.15, 0.2) is 0 Å². The number of aryl methyl sites for hydroxylation is 1. The minimum atomic E-state index is 0.850. The van der Waals surface area contributed by atoms with Gasteiger partial charge in [-0.05, 0) is 31.0 Å². The van der Waals surface area contributed by atoms with Gasteiger partial charge >= 0.3 is 0 Å². The number of hydrogen-bond acceptors (Lipinski definition) is 3. The van der Waals surface area contributed by atoms with E-state index >= 15 is 0 Å². The Hall–Kier alpha value is -1.65. The van der Waals surface area contributed by atoms with Crippen molar-refractivity contribution in [2.45, 2.75) is 20.0 Å². The Balaban J connectivity index is 2.03. The molecule has 3 nitrogen and oxygen atoms in total. The van der Waals surface area contributed by atoms with E-state index in [0.717, 1.165) is 23.8 Å². The van der Waals surface area contributed by atoms with Gasteiger partial charge < -0.3 is 9.88 Å². The number of thiazole rings is 1. The molecule has 0 amide bonds. The minimum Gasteiger partial charge on any atom is -0.340 e. The molecule has 0 aliphatic rings. The van der Waals surface area contributed by atoms with Gasteiger partial charge in [-0.1, -0.05) is 18.2 Å². The zero-order chi connectivity index (χ0) is 13.2. The topological polar surface area (TPSA) is 29.9 Å². The molecule has 4 heteroatoms. The Bertz CT molecular complexity index is 696. The van der Waals surface area contributed by atoms with Crippen molar-refractivity contribution in [1.82, 2.24) is 14.9 Å². The van der Waals surface area contributed by atoms with Gasteiger partial charge in [0.2, 0.25) is 0 Å². The van der Waals surface area contributed by atoms with Gasteiger partial charge in [0, 0.05) is 23.8 Å². The maximum absolute atomic E-state index is 4.55. The molecule has 1 N–H and O–H groups in total. The van der Waals surface area contributed by atoms with E-state index in [-0.39, 0.29) is 0 Å². The lowest BCUT2D eigenvalue weighted by Gasteiger charge is -2.08. The maximum Gasteiger partial charge on any atom is 0.113 e. The maximum atomic E-state index is 4.55. The third kappa shape index (κ3) is 2.41. The molecule has 0 saturated heterocycles. The number of aromatic nitrogens is 2. The fraction of sp³-hybridized carbons (Fsp3) is 0.267. The summed E-state index contributed by atoms with van der Waals surface area (Å²) >= 11 is 1.73. The Morgan fingerprint density at radius 2 is 2.21 bits per heavy atom. The van der Waals surface area contributed by atoms with Gasteiger partial charge in [-0.3, -0.25) is 0 Å². The average Bonchev–Trinajstić information content (AvgIpc) is 2.98. The van der Waals surface area contributed by atoms with E-state index in [4.69, 9.17) is 0 Å². The molecule has 0 aliphatic heterocycles. The van der Waals surface area contributed by atoms with Crippen molar-refractivity contribution < 1.29 is 0 Å². The molecule has 0 radical (unpaired) electrons. The van der Waals surface area contributed by atoms with Crippen LogP contribution in [0.3, 0.4) is 0 Å². The van der Waals surface area contributed by atoms with E-state index in [1.54, 1.807) is 11.3 Å². The summed E-state index contributed by atoms with van der Waals surface area (Å²) in [5.74, 6) is 0. The highest BCUT2D eigenvalue weighted by atomic mass is 32.1. The Labute approximate surface area is 116 Å². The summed E-state index contributed by atoms with van der Waals surface area (Å²) in [6.45, 7) is 3.78. The number of rotatable bonds is 4. The van der Waals surface area contributed by atoms with Crippen LogP contribution >= 0.6 is 11.3 Å². The molecular formula is C15H17N3S. The number of nitrogens with one attached hydrogen (secondary N) is 1. The zero-order valence-electron chi connectivity index (χ0n) is 11.2. The normalized spacial score (nSPS) is 11.3. The van der Waals surface area contributed by atoms with Crippen LogP contribution in [0.2, 0.25) is 0 Å². The predicted octanol–water partition coefficient (Wildman–Crippen LogP) is 3.17. The van der Waals surface area contributed by atoms with Gasteiger partial charge in [0.1, 0.15) is 5.01 Å². The van der Waals surface area contributed by atoms with Crippen LogP contribution in [-0.2, 0) is 13.1 Å². The van der Waals surface area contributed by atoms with Gasteiger partial charge in [-0.15, -0.1) is 11.3 Å². The molecule has 0 unspecified atom stereocenters. The molecule has 0 aliphatic carbocycles. The fourth-order valence-electron chi connectivity index (χ4n) is 2.43. The molecule has 0 fully saturated rings. The Kier molecular flexibility index (Phi) is 3.36. The van der Waals surface area contributed by atoms with Crippen molar-refractivity contribution in [1.29, 1.82) is 0 Å². The summed E-state index contributed by atoms with van der Waals surface area (Å²) < 4.78 is 2.29. The lowest BCUT2D eigenvalue weighted by Crippen LogP contribution is -2.07. The van der Waals surface area contributed by atoms with Crippen molar-refractivity contribution in [3.63, 3.8) is 0 Å². The summed E-state index contributed by atoms with van der Waals surface area (Å²) in [5, 5.41) is 7.80. The lowest BCUT2D eigenvalue weighted by molar-refractivity contribution is 0.792. The van der Waals surface area contributed by atoms with Gasteiger partial charge in [0.05, 0.1) is 12.1 Å². The molecule has 0 bridgehead atoms. The Morgan fingerprint density at radius 3 is 2.95 bits per heavy atom. The van der Waals surface area contributed by atoms with E-state index < -0.39 is 0 Å². The first-order valence-corrected chi connectivity index (χ1v) is 7.28. The molecular weight excluding hydrogens is 254 g/mol. The van der Waals surface area contributed by atoms with E-state index in [2.05, 4.69) is 50.7 Å². The van der Waals surface area contributed by atoms with Crippen molar-refractivity contribution in [3.05, 3.63) is 52.1 Å². The van der Waals surface area contributed by atoms with Crippen LogP contribution in [0.5, 0.6) is 0 Å². The van der Waals surface area contributed by atoms with E-state index in [1.165, 1.54) is 16.5 Å². The van der Waals surface area contributed by atoms with Crippen molar-refractivity contribution in [2.75, 3.05) is 7.05 Å². The summed E-state index contributed by atoms with van der Waals surface area (Å²) in [7, 11) is 1.98. The molecule has 2 heterocycles. The molecule has 2 aromatic heterocycles. The fourth-order valence-corrected chi connectivity index (χ4v) is 3.20. The number of fused-ring (bicyclic) bond motifs is 1. The minimum absolute atomic E-state index is 0.850. The first-order chi connectivity index (χ1) is 9.28. The SMILES string of the molecule is CNCc1cccc2ccn(Cc3nc(C)cs3)c12. The number of nitrogens with zero attached hydrogens (tertiary/aromatic N) is 2. The van der Waals surface area contributed by atoms with E-state index in [1.807, 2.05) is 14.0 Å². The molecule has 1 aromatic carbocycles. The van der Waals surface area contributed by atoms with Gasteiger partial charge in [-0.2, -0.15) is 0 Å². The molecule has 3 rings (SSSR count). The monoisotopic (exact) mass is 271 g/mol. The van der Waals surface area contributed by atoms with Crippen LogP contribution < -0.4 is 5.32 Å². The van der Waals surface area contributed by atoms with E-state index in [9.17, 15) is 0 Å². The highest BCUT2D eigenvalue weighted by Crippen LogP contribution is 2.22. The van der Waals surface area contributed by atoms with Gasteiger partial charge in [0.25, 0.3) is 0 Å². The van der Waals surface area contributed by atoms with Crippen LogP contribution in [0.25, 0.3) is 10.9 Å². The third-order valence-corrected chi connectivity index (χ3v) is 4.16. The van der Waals surface area contributed by atoms with Crippen LogP contribution in [0.15, 0.2) is 35.8 Å². The largest absolute Gasteiger partial charge is 0.340 e. The number of benzene rings is 1. The summed E-state index contributed by atoms with van der Waals surface area (Å²) in [6, 6.07) is 8.64. The van der Waals surface area contributed by atoms with Crippen LogP contribution in [-0.4, -0.2) is 16.6 Å². The molecule has 0 atom stereocenters. The summed E-state index contributed by atoms with van der Waals surface area (Å²) in [4.78, 5) is 4.55. The molecule has 0 saturated carbocycles. The van der Waals surface area contributed by atoms with Gasteiger partial charge in [-0.25, -0.2) is 4.98 Å². The molecule has 0 spiro atoms. The summed E-state index contributed by atoms with van der Waals surface area (Å²) in [5.41, 5.74) is 3.75. The molecule has 3 aromatic rings. The summed E-state index contributed by atoms with van der Waals surface area (Å²) in [6.07, 6.45) is 2.15. The quantitative estimate of drug-likeness (QED) is 0.790. The van der Waals surface area contributed by atoms with Crippen molar-refractivity contribution >= 4 is 22.2 Å². The first kappa shape index (κ1) is 12.4. The second-order valence-corrected chi connectivity index (χ2v) is 5.65. The standard InChI is InChI=1S/C15H17N3S/c1-11-10-19-14(17-11)9-18-7-6-12-4-3-5-13(8-16-2)15(12)18/h3-7,10,16H,8-9H2,1-2H3. The van der Waals surface area contributed by atoms with Crippen LogP contribution in [0.1, 0.15) is 16.3 Å².